The Bertz CT molecular complexity index is 1060. The zero-order valence-corrected chi connectivity index (χ0v) is 17.2. The van der Waals surface area contributed by atoms with Gasteiger partial charge in [0.1, 0.15) is 12.4 Å². The molecule has 1 aliphatic heterocycles. The van der Waals surface area contributed by atoms with Crippen LogP contribution in [0.4, 0.5) is 0 Å². The summed E-state index contributed by atoms with van der Waals surface area (Å²) in [5.74, 6) is 0.193. The summed E-state index contributed by atoms with van der Waals surface area (Å²) < 4.78 is 7.38. The van der Waals surface area contributed by atoms with Gasteiger partial charge >= 0.3 is 0 Å². The van der Waals surface area contributed by atoms with E-state index < -0.39 is 0 Å². The van der Waals surface area contributed by atoms with Crippen molar-refractivity contribution in [1.29, 1.82) is 0 Å². The summed E-state index contributed by atoms with van der Waals surface area (Å²) in [4.78, 5) is 29.7. The van der Waals surface area contributed by atoms with E-state index in [1.54, 1.807) is 24.3 Å². The van der Waals surface area contributed by atoms with Crippen LogP contribution >= 0.6 is 11.6 Å². The molecule has 1 aromatic heterocycles. The molecule has 0 aliphatic carbocycles. The van der Waals surface area contributed by atoms with Gasteiger partial charge in [-0.3, -0.25) is 9.59 Å². The Morgan fingerprint density at radius 2 is 1.93 bits per heavy atom. The van der Waals surface area contributed by atoms with Crippen LogP contribution in [0, 0.1) is 0 Å². The molecule has 4 rings (SSSR count). The van der Waals surface area contributed by atoms with Crippen LogP contribution in [0.1, 0.15) is 29.0 Å². The zero-order chi connectivity index (χ0) is 20.9. The number of ether oxygens (including phenoxy) is 1. The molecule has 1 fully saturated rings. The molecule has 2 aromatic carbocycles. The van der Waals surface area contributed by atoms with Gasteiger partial charge < -0.3 is 19.9 Å². The molecule has 1 aliphatic rings. The van der Waals surface area contributed by atoms with Gasteiger partial charge in [-0.1, -0.05) is 35.9 Å². The van der Waals surface area contributed by atoms with E-state index in [2.05, 4.69) is 15.6 Å². The fraction of sp³-hybridized carbons (Fsp3) is 0.318. The number of nitrogens with zero attached hydrogens (tertiary/aromatic N) is 2. The lowest BCUT2D eigenvalue weighted by molar-refractivity contribution is -0.122. The van der Waals surface area contributed by atoms with Crippen molar-refractivity contribution in [1.82, 2.24) is 20.2 Å². The van der Waals surface area contributed by atoms with Gasteiger partial charge in [-0.05, 0) is 37.1 Å². The molecule has 30 heavy (non-hydrogen) atoms. The van der Waals surface area contributed by atoms with E-state index in [1.807, 2.05) is 28.8 Å². The summed E-state index contributed by atoms with van der Waals surface area (Å²) in [6.07, 6.45) is 2.08. The molecule has 1 atom stereocenters. The minimum Gasteiger partial charge on any atom is -0.376 e. The van der Waals surface area contributed by atoms with Crippen LogP contribution in [0.5, 0.6) is 0 Å². The molecule has 2 amide bonds. The smallest absolute Gasteiger partial charge is 0.253 e. The first-order valence-electron chi connectivity index (χ1n) is 9.97. The Hall–Kier alpha value is -2.90. The van der Waals surface area contributed by atoms with Crippen molar-refractivity contribution < 1.29 is 14.3 Å². The lowest BCUT2D eigenvalue weighted by atomic mass is 10.2. The molecule has 0 saturated carbocycles. The molecule has 1 saturated heterocycles. The SMILES string of the molecule is O=C(Cn1c(CNC(=O)c2ccccc2Cl)nc2ccccc21)NCC1CCCO1. The number of fused-ring (bicyclic) bond motifs is 1. The minimum atomic E-state index is -0.290. The number of aromatic nitrogens is 2. The van der Waals surface area contributed by atoms with E-state index in [9.17, 15) is 9.59 Å². The fourth-order valence-electron chi connectivity index (χ4n) is 3.57. The van der Waals surface area contributed by atoms with Crippen LogP contribution in [-0.4, -0.2) is 40.6 Å². The second kappa shape index (κ2) is 9.28. The van der Waals surface area contributed by atoms with Crippen LogP contribution in [0.3, 0.4) is 0 Å². The average Bonchev–Trinajstić information content (AvgIpc) is 3.39. The molecule has 0 spiro atoms. The first-order valence-corrected chi connectivity index (χ1v) is 10.3. The van der Waals surface area contributed by atoms with Gasteiger partial charge in [0.05, 0.1) is 34.3 Å². The number of halogens is 1. The number of nitrogens with one attached hydrogen (secondary N) is 2. The molecule has 0 bridgehead atoms. The van der Waals surface area contributed by atoms with E-state index in [-0.39, 0.29) is 31.0 Å². The number of imidazole rings is 1. The van der Waals surface area contributed by atoms with Gasteiger partial charge in [-0.25, -0.2) is 4.98 Å². The van der Waals surface area contributed by atoms with Crippen molar-refractivity contribution in [2.75, 3.05) is 13.2 Å². The van der Waals surface area contributed by atoms with Crippen molar-refractivity contribution >= 4 is 34.4 Å². The molecule has 3 aromatic rings. The maximum atomic E-state index is 12.5. The van der Waals surface area contributed by atoms with Crippen LogP contribution in [0.2, 0.25) is 5.02 Å². The van der Waals surface area contributed by atoms with E-state index in [4.69, 9.17) is 16.3 Å². The molecular weight excluding hydrogens is 404 g/mol. The number of benzene rings is 2. The summed E-state index contributed by atoms with van der Waals surface area (Å²) in [5, 5.41) is 6.17. The standard InChI is InChI=1S/C22H23ClN4O3/c23-17-8-2-1-7-16(17)22(29)25-13-20-26-18-9-3-4-10-19(18)27(20)14-21(28)24-12-15-6-5-11-30-15/h1-4,7-10,15H,5-6,11-14H2,(H,24,28)(H,25,29). The molecule has 2 heterocycles. The highest BCUT2D eigenvalue weighted by Gasteiger charge is 2.18. The van der Waals surface area contributed by atoms with Gasteiger partial charge in [0.15, 0.2) is 0 Å². The molecule has 0 radical (unpaired) electrons. The zero-order valence-electron chi connectivity index (χ0n) is 16.4. The number of amides is 2. The van der Waals surface area contributed by atoms with Gasteiger partial charge in [-0.2, -0.15) is 0 Å². The molecule has 7 nitrogen and oxygen atoms in total. The van der Waals surface area contributed by atoms with Gasteiger partial charge in [-0.15, -0.1) is 0 Å². The Balaban J connectivity index is 1.47. The third-order valence-electron chi connectivity index (χ3n) is 5.11. The number of rotatable bonds is 7. The molecule has 8 heteroatoms. The van der Waals surface area contributed by atoms with Crippen LogP contribution in [0.15, 0.2) is 48.5 Å². The highest BCUT2D eigenvalue weighted by Crippen LogP contribution is 2.18. The molecule has 156 valence electrons. The Morgan fingerprint density at radius 1 is 1.13 bits per heavy atom. The summed E-state index contributed by atoms with van der Waals surface area (Å²) in [7, 11) is 0. The van der Waals surface area contributed by atoms with E-state index in [1.165, 1.54) is 0 Å². The second-order valence-corrected chi connectivity index (χ2v) is 7.61. The first kappa shape index (κ1) is 20.4. The van der Waals surface area contributed by atoms with Gasteiger partial charge in [0.25, 0.3) is 5.91 Å². The van der Waals surface area contributed by atoms with Gasteiger partial charge in [0.2, 0.25) is 5.91 Å². The molecular formula is C22H23ClN4O3. The summed E-state index contributed by atoms with van der Waals surface area (Å²) in [6.45, 7) is 1.55. The maximum Gasteiger partial charge on any atom is 0.253 e. The van der Waals surface area contributed by atoms with Crippen LogP contribution in [-0.2, 0) is 22.6 Å². The highest BCUT2D eigenvalue weighted by molar-refractivity contribution is 6.33. The van der Waals surface area contributed by atoms with Crippen molar-refractivity contribution in [3.63, 3.8) is 0 Å². The number of hydrogen-bond donors (Lipinski definition) is 2. The van der Waals surface area contributed by atoms with Gasteiger partial charge in [0, 0.05) is 13.2 Å². The summed E-state index contributed by atoms with van der Waals surface area (Å²) in [6, 6.07) is 14.5. The normalized spacial score (nSPS) is 16.0. The highest BCUT2D eigenvalue weighted by atomic mass is 35.5. The Kier molecular flexibility index (Phi) is 6.30. The second-order valence-electron chi connectivity index (χ2n) is 7.20. The summed E-state index contributed by atoms with van der Waals surface area (Å²) >= 11 is 6.11. The fourth-order valence-corrected chi connectivity index (χ4v) is 3.79. The monoisotopic (exact) mass is 426 g/mol. The molecule has 1 unspecified atom stereocenters. The van der Waals surface area contributed by atoms with E-state index in [0.717, 1.165) is 30.5 Å². The average molecular weight is 427 g/mol. The third kappa shape index (κ3) is 4.63. The quantitative estimate of drug-likeness (QED) is 0.608. The maximum absolute atomic E-state index is 12.5. The topological polar surface area (TPSA) is 85.2 Å². The Morgan fingerprint density at radius 3 is 2.73 bits per heavy atom. The Labute approximate surface area is 179 Å². The van der Waals surface area contributed by atoms with Crippen molar-refractivity contribution in [2.24, 2.45) is 0 Å². The predicted octanol–water partition coefficient (Wildman–Crippen LogP) is 2.91. The predicted molar refractivity (Wildman–Crippen MR) is 114 cm³/mol. The van der Waals surface area contributed by atoms with E-state index in [0.29, 0.717) is 23.0 Å². The van der Waals surface area contributed by atoms with Crippen molar-refractivity contribution in [3.8, 4) is 0 Å². The lowest BCUT2D eigenvalue weighted by Gasteiger charge is -2.13. The molecule has 2 N–H and O–H groups in total. The minimum absolute atomic E-state index is 0.0860. The largest absolute Gasteiger partial charge is 0.376 e. The number of carbonyl (C=O) groups excluding carboxylic acids is 2. The summed E-state index contributed by atoms with van der Waals surface area (Å²) in [5.41, 5.74) is 2.01. The third-order valence-corrected chi connectivity index (χ3v) is 5.44. The van der Waals surface area contributed by atoms with Crippen molar-refractivity contribution in [2.45, 2.75) is 32.0 Å². The first-order chi connectivity index (χ1) is 14.6. The number of hydrogen-bond acceptors (Lipinski definition) is 4. The van der Waals surface area contributed by atoms with Crippen molar-refractivity contribution in [3.05, 3.63) is 64.9 Å². The van der Waals surface area contributed by atoms with E-state index >= 15 is 0 Å². The number of para-hydroxylation sites is 2. The lowest BCUT2D eigenvalue weighted by Crippen LogP contribution is -2.35. The van der Waals surface area contributed by atoms with Crippen LogP contribution < -0.4 is 10.6 Å². The van der Waals surface area contributed by atoms with Crippen LogP contribution in [0.25, 0.3) is 11.0 Å². The number of carbonyl (C=O) groups is 2.